The van der Waals surface area contributed by atoms with Crippen molar-refractivity contribution >= 4 is 11.9 Å². The van der Waals surface area contributed by atoms with Gasteiger partial charge in [-0.25, -0.2) is 9.31 Å². The van der Waals surface area contributed by atoms with Gasteiger partial charge in [0.1, 0.15) is 0 Å². The van der Waals surface area contributed by atoms with Gasteiger partial charge in [0.25, 0.3) is 0 Å². The van der Waals surface area contributed by atoms with Gasteiger partial charge in [-0.3, -0.25) is 5.43 Å². The molecule has 0 aromatic heterocycles. The van der Waals surface area contributed by atoms with Crippen molar-refractivity contribution in [3.63, 3.8) is 0 Å². The number of rotatable bonds is 2. The lowest BCUT2D eigenvalue weighted by atomic mass is 10.4. The molecule has 1 rings (SSSR count). The van der Waals surface area contributed by atoms with E-state index in [0.29, 0.717) is 0 Å². The summed E-state index contributed by atoms with van der Waals surface area (Å²) in [5.41, 5.74) is 3.15. The van der Waals surface area contributed by atoms with Crippen molar-refractivity contribution in [2.45, 2.75) is 0 Å². The molecule has 0 saturated carbocycles. The number of nitrogens with zero attached hydrogens (tertiary/aromatic N) is 2. The molecule has 0 amide bonds. The highest BCUT2D eigenvalue weighted by molar-refractivity contribution is 7.96. The molecule has 0 atom stereocenters. The smallest absolute Gasteiger partial charge is 0.0268 e. The summed E-state index contributed by atoms with van der Waals surface area (Å²) >= 11 is 1.84. The Morgan fingerprint density at radius 3 is 2.20 bits per heavy atom. The molecular formula is C6H15N3S. The van der Waals surface area contributed by atoms with Gasteiger partial charge in [0.15, 0.2) is 0 Å². The minimum Gasteiger partial charge on any atom is -0.258 e. The first-order valence-corrected chi connectivity index (χ1v) is 4.76. The van der Waals surface area contributed by atoms with Gasteiger partial charge in [-0.2, -0.15) is 0 Å². The maximum Gasteiger partial charge on any atom is 0.0268 e. The summed E-state index contributed by atoms with van der Waals surface area (Å²) in [4.78, 5) is 0. The van der Waals surface area contributed by atoms with Crippen LogP contribution in [0.1, 0.15) is 0 Å². The zero-order valence-corrected chi connectivity index (χ0v) is 7.45. The summed E-state index contributed by atoms with van der Waals surface area (Å²) in [6.45, 7) is 4.61. The Hall–Kier alpha value is 0.230. The van der Waals surface area contributed by atoms with E-state index in [0.717, 1.165) is 13.1 Å². The van der Waals surface area contributed by atoms with E-state index in [-0.39, 0.29) is 0 Å². The SMILES string of the molecule is CNN1CCN(SC)CC1. The molecule has 60 valence electrons. The van der Waals surface area contributed by atoms with Crippen LogP contribution in [0.2, 0.25) is 0 Å². The Morgan fingerprint density at radius 2 is 1.80 bits per heavy atom. The zero-order chi connectivity index (χ0) is 7.40. The molecule has 0 aliphatic carbocycles. The van der Waals surface area contributed by atoms with E-state index >= 15 is 0 Å². The van der Waals surface area contributed by atoms with Crippen LogP contribution in [0.15, 0.2) is 0 Å². The molecule has 0 bridgehead atoms. The monoisotopic (exact) mass is 161 g/mol. The Kier molecular flexibility index (Phi) is 3.48. The van der Waals surface area contributed by atoms with Gasteiger partial charge in [0.2, 0.25) is 0 Å². The summed E-state index contributed by atoms with van der Waals surface area (Å²) in [7, 11) is 1.98. The summed E-state index contributed by atoms with van der Waals surface area (Å²) < 4.78 is 2.38. The van der Waals surface area contributed by atoms with Crippen molar-refractivity contribution in [1.29, 1.82) is 0 Å². The van der Waals surface area contributed by atoms with Crippen molar-refractivity contribution < 1.29 is 0 Å². The van der Waals surface area contributed by atoms with Crippen LogP contribution in [0.5, 0.6) is 0 Å². The quantitative estimate of drug-likeness (QED) is 0.575. The molecule has 4 heteroatoms. The topological polar surface area (TPSA) is 18.5 Å². The summed E-state index contributed by atoms with van der Waals surface area (Å²) in [6.07, 6.45) is 2.13. The molecule has 1 aliphatic heterocycles. The minimum absolute atomic E-state index is 1.14. The molecular weight excluding hydrogens is 146 g/mol. The van der Waals surface area contributed by atoms with E-state index in [1.165, 1.54) is 13.1 Å². The highest BCUT2D eigenvalue weighted by Crippen LogP contribution is 2.07. The second-order valence-electron chi connectivity index (χ2n) is 2.32. The van der Waals surface area contributed by atoms with Gasteiger partial charge in [0, 0.05) is 26.2 Å². The van der Waals surface area contributed by atoms with Crippen LogP contribution in [-0.2, 0) is 0 Å². The fourth-order valence-electron chi connectivity index (χ4n) is 1.09. The predicted molar refractivity (Wildman–Crippen MR) is 45.7 cm³/mol. The first-order valence-electron chi connectivity index (χ1n) is 3.58. The van der Waals surface area contributed by atoms with Crippen LogP contribution >= 0.6 is 11.9 Å². The minimum atomic E-state index is 1.14. The molecule has 1 fully saturated rings. The Balaban J connectivity index is 2.17. The third-order valence-electron chi connectivity index (χ3n) is 1.81. The van der Waals surface area contributed by atoms with E-state index < -0.39 is 0 Å². The molecule has 0 radical (unpaired) electrons. The molecule has 1 N–H and O–H groups in total. The summed E-state index contributed by atoms with van der Waals surface area (Å²) in [5, 5.41) is 2.24. The molecule has 1 heterocycles. The summed E-state index contributed by atoms with van der Waals surface area (Å²) in [6, 6.07) is 0. The third kappa shape index (κ3) is 2.12. The fourth-order valence-corrected chi connectivity index (χ4v) is 1.62. The van der Waals surface area contributed by atoms with E-state index in [9.17, 15) is 0 Å². The van der Waals surface area contributed by atoms with Gasteiger partial charge < -0.3 is 0 Å². The Bertz CT molecular complexity index is 79.0. The third-order valence-corrected chi connectivity index (χ3v) is 2.69. The van der Waals surface area contributed by atoms with Crippen LogP contribution in [0, 0.1) is 0 Å². The Morgan fingerprint density at radius 1 is 1.20 bits per heavy atom. The zero-order valence-electron chi connectivity index (χ0n) is 6.63. The number of hydrogen-bond donors (Lipinski definition) is 1. The largest absolute Gasteiger partial charge is 0.258 e. The van der Waals surface area contributed by atoms with Crippen molar-refractivity contribution in [1.82, 2.24) is 14.7 Å². The molecule has 0 aromatic rings. The van der Waals surface area contributed by atoms with Gasteiger partial charge in [-0.1, -0.05) is 11.9 Å². The summed E-state index contributed by atoms with van der Waals surface area (Å²) in [5.74, 6) is 0. The first-order chi connectivity index (χ1) is 4.86. The molecule has 0 spiro atoms. The second-order valence-corrected chi connectivity index (χ2v) is 3.20. The van der Waals surface area contributed by atoms with Gasteiger partial charge in [-0.15, -0.1) is 0 Å². The lowest BCUT2D eigenvalue weighted by Gasteiger charge is -2.32. The van der Waals surface area contributed by atoms with Crippen molar-refractivity contribution in [3.05, 3.63) is 0 Å². The average molecular weight is 161 g/mol. The molecule has 1 aliphatic rings. The van der Waals surface area contributed by atoms with E-state index in [1.807, 2.05) is 19.0 Å². The molecule has 0 unspecified atom stereocenters. The number of piperazine rings is 1. The van der Waals surface area contributed by atoms with E-state index in [4.69, 9.17) is 0 Å². The van der Waals surface area contributed by atoms with Crippen molar-refractivity contribution in [2.75, 3.05) is 39.5 Å². The van der Waals surface area contributed by atoms with Crippen molar-refractivity contribution in [3.8, 4) is 0 Å². The molecule has 10 heavy (non-hydrogen) atoms. The predicted octanol–water partition coefficient (Wildman–Crippen LogP) is 0.0164. The molecule has 0 aromatic carbocycles. The fraction of sp³-hybridized carbons (Fsp3) is 1.00. The average Bonchev–Trinajstić information content (AvgIpc) is 2.05. The number of hydrazine groups is 1. The van der Waals surface area contributed by atoms with Gasteiger partial charge >= 0.3 is 0 Å². The Labute approximate surface area is 66.9 Å². The van der Waals surface area contributed by atoms with E-state index in [2.05, 4.69) is 21.0 Å². The number of nitrogens with one attached hydrogen (secondary N) is 1. The van der Waals surface area contributed by atoms with Crippen LogP contribution < -0.4 is 5.43 Å². The maximum absolute atomic E-state index is 3.15. The lowest BCUT2D eigenvalue weighted by molar-refractivity contribution is 0.148. The van der Waals surface area contributed by atoms with Crippen LogP contribution in [-0.4, -0.2) is 48.8 Å². The van der Waals surface area contributed by atoms with Crippen LogP contribution in [0.25, 0.3) is 0 Å². The standard InChI is InChI=1S/C6H15N3S/c1-7-8-3-5-9(10-2)6-4-8/h7H,3-6H2,1-2H3. The number of hydrogen-bond acceptors (Lipinski definition) is 4. The van der Waals surface area contributed by atoms with Gasteiger partial charge in [0.05, 0.1) is 0 Å². The van der Waals surface area contributed by atoms with Crippen LogP contribution in [0.4, 0.5) is 0 Å². The van der Waals surface area contributed by atoms with Crippen LogP contribution in [0.3, 0.4) is 0 Å². The molecule has 3 nitrogen and oxygen atoms in total. The van der Waals surface area contributed by atoms with Gasteiger partial charge in [-0.05, 0) is 13.3 Å². The van der Waals surface area contributed by atoms with Crippen molar-refractivity contribution in [2.24, 2.45) is 0 Å². The highest BCUT2D eigenvalue weighted by Gasteiger charge is 2.13. The second kappa shape index (κ2) is 4.18. The maximum atomic E-state index is 3.15. The molecule has 1 saturated heterocycles. The first kappa shape index (κ1) is 8.33. The highest BCUT2D eigenvalue weighted by atomic mass is 32.2. The normalized spacial score (nSPS) is 23.4. The lowest BCUT2D eigenvalue weighted by Crippen LogP contribution is -2.48. The van der Waals surface area contributed by atoms with E-state index in [1.54, 1.807) is 0 Å².